The van der Waals surface area contributed by atoms with Gasteiger partial charge in [0.05, 0.1) is 12.6 Å². The third-order valence-electron chi connectivity index (χ3n) is 4.52. The summed E-state index contributed by atoms with van der Waals surface area (Å²) < 4.78 is 31.3. The predicted molar refractivity (Wildman–Crippen MR) is 98.8 cm³/mol. The largest absolute Gasteiger partial charge is 0.370 e. The zero-order chi connectivity index (χ0) is 18.6. The molecule has 0 radical (unpaired) electrons. The van der Waals surface area contributed by atoms with Crippen molar-refractivity contribution in [3.63, 3.8) is 0 Å². The molecule has 1 unspecified atom stereocenters. The highest BCUT2D eigenvalue weighted by molar-refractivity contribution is 6.38. The van der Waals surface area contributed by atoms with Gasteiger partial charge in [0.25, 0.3) is 5.92 Å². The van der Waals surface area contributed by atoms with Crippen molar-refractivity contribution in [2.75, 3.05) is 13.2 Å². The van der Waals surface area contributed by atoms with Crippen LogP contribution in [0, 0.1) is 24.7 Å². The van der Waals surface area contributed by atoms with Gasteiger partial charge in [-0.2, -0.15) is 5.10 Å². The summed E-state index contributed by atoms with van der Waals surface area (Å²) in [7, 11) is 0. The Labute approximate surface area is 152 Å². The summed E-state index contributed by atoms with van der Waals surface area (Å²) >= 11 is 0. The van der Waals surface area contributed by atoms with E-state index in [1.54, 1.807) is 6.21 Å². The highest BCUT2D eigenvalue weighted by Crippen LogP contribution is 2.28. The Morgan fingerprint density at radius 1 is 1.38 bits per heavy atom. The van der Waals surface area contributed by atoms with Crippen LogP contribution in [-0.4, -0.2) is 37.1 Å². The van der Waals surface area contributed by atoms with Crippen molar-refractivity contribution in [2.24, 2.45) is 21.9 Å². The summed E-state index contributed by atoms with van der Waals surface area (Å²) in [4.78, 5) is 4.29. The Bertz CT molecular complexity index is 763. The smallest absolute Gasteiger partial charge is 0.271 e. The lowest BCUT2D eigenvalue weighted by Crippen LogP contribution is -2.35. The quantitative estimate of drug-likeness (QED) is 0.388. The van der Waals surface area contributed by atoms with Gasteiger partial charge in [-0.25, -0.2) is 8.78 Å². The lowest BCUT2D eigenvalue weighted by Gasteiger charge is -2.27. The number of ether oxygens (including phenoxy) is 1. The fourth-order valence-corrected chi connectivity index (χ4v) is 2.78. The highest BCUT2D eigenvalue weighted by Gasteiger charge is 2.35. The minimum atomic E-state index is -2.72. The van der Waals surface area contributed by atoms with Crippen molar-refractivity contribution >= 4 is 11.9 Å². The zero-order valence-electron chi connectivity index (χ0n) is 14.8. The number of halogens is 2. The molecule has 2 fully saturated rings. The average molecular weight is 359 g/mol. The third-order valence-corrected chi connectivity index (χ3v) is 4.52. The van der Waals surface area contributed by atoms with Crippen LogP contribution in [0.1, 0.15) is 42.4 Å². The Morgan fingerprint density at radius 3 is 2.81 bits per heavy atom. The Morgan fingerprint density at radius 2 is 2.19 bits per heavy atom. The van der Waals surface area contributed by atoms with Gasteiger partial charge >= 0.3 is 0 Å². The van der Waals surface area contributed by atoms with Crippen LogP contribution in [0.4, 0.5) is 8.78 Å². The molecule has 138 valence electrons. The standard InChI is InChI=1S/C20H23F2N3O/c1-14-10-16(5-4-15-2-3-15)6-7-18(14)19(25-23)12-24-11-17-8-9-20(21,22)13-26-17/h6-7,10,12,15,17H,2-3,8-9,11,13,23H2,1H3/b24-12?,25-19+. The molecule has 1 aromatic carbocycles. The minimum absolute atomic E-state index is 0.159. The van der Waals surface area contributed by atoms with Gasteiger partial charge in [0.15, 0.2) is 0 Å². The van der Waals surface area contributed by atoms with E-state index in [0.29, 0.717) is 24.6 Å². The SMILES string of the molecule is Cc1cc(C#CC2CC2)ccc1/C(C=NCC1CCC(F)(F)CO1)=N/N. The first-order valence-electron chi connectivity index (χ1n) is 8.86. The summed E-state index contributed by atoms with van der Waals surface area (Å²) in [5, 5.41) is 3.81. The summed E-state index contributed by atoms with van der Waals surface area (Å²) in [5.41, 5.74) is 3.41. The van der Waals surface area contributed by atoms with Crippen molar-refractivity contribution < 1.29 is 13.5 Å². The molecular weight excluding hydrogens is 336 g/mol. The molecule has 3 rings (SSSR count). The van der Waals surface area contributed by atoms with Gasteiger partial charge in [0, 0.05) is 29.7 Å². The van der Waals surface area contributed by atoms with Crippen molar-refractivity contribution in [3.05, 3.63) is 34.9 Å². The maximum atomic E-state index is 13.1. The fourth-order valence-electron chi connectivity index (χ4n) is 2.78. The first-order chi connectivity index (χ1) is 12.5. The fraction of sp³-hybridized carbons (Fsp3) is 0.500. The van der Waals surface area contributed by atoms with E-state index in [0.717, 1.165) is 16.7 Å². The van der Waals surface area contributed by atoms with Gasteiger partial charge in [-0.3, -0.25) is 4.99 Å². The van der Waals surface area contributed by atoms with Gasteiger partial charge in [-0.1, -0.05) is 17.9 Å². The first kappa shape index (κ1) is 18.5. The molecule has 0 amide bonds. The zero-order valence-corrected chi connectivity index (χ0v) is 14.8. The molecule has 1 aromatic rings. The van der Waals surface area contributed by atoms with E-state index in [1.807, 2.05) is 25.1 Å². The minimum Gasteiger partial charge on any atom is -0.370 e. The van der Waals surface area contributed by atoms with Crippen molar-refractivity contribution in [3.8, 4) is 11.8 Å². The van der Waals surface area contributed by atoms with Gasteiger partial charge in [-0.05, 0) is 43.9 Å². The Kier molecular flexibility index (Phi) is 5.67. The average Bonchev–Trinajstić information content (AvgIpc) is 3.43. The molecule has 4 nitrogen and oxygen atoms in total. The van der Waals surface area contributed by atoms with Crippen LogP contribution in [0.15, 0.2) is 28.3 Å². The van der Waals surface area contributed by atoms with Crippen molar-refractivity contribution in [1.82, 2.24) is 0 Å². The van der Waals surface area contributed by atoms with Crippen molar-refractivity contribution in [2.45, 2.75) is 44.6 Å². The number of hydrogen-bond donors (Lipinski definition) is 1. The number of aryl methyl sites for hydroxylation is 1. The highest BCUT2D eigenvalue weighted by atomic mass is 19.3. The van der Waals surface area contributed by atoms with E-state index in [-0.39, 0.29) is 12.5 Å². The molecule has 1 saturated heterocycles. The molecule has 26 heavy (non-hydrogen) atoms. The van der Waals surface area contributed by atoms with Crippen LogP contribution in [0.2, 0.25) is 0 Å². The predicted octanol–water partition coefficient (Wildman–Crippen LogP) is 3.30. The Hall–Kier alpha value is -2.26. The molecule has 2 aliphatic rings. The number of rotatable bonds is 4. The van der Waals surface area contributed by atoms with Crippen LogP contribution in [0.5, 0.6) is 0 Å². The van der Waals surface area contributed by atoms with E-state index in [9.17, 15) is 8.78 Å². The van der Waals surface area contributed by atoms with E-state index < -0.39 is 12.5 Å². The van der Waals surface area contributed by atoms with Crippen LogP contribution in [-0.2, 0) is 4.74 Å². The lowest BCUT2D eigenvalue weighted by molar-refractivity contribution is -0.140. The molecule has 1 aliphatic carbocycles. The summed E-state index contributed by atoms with van der Waals surface area (Å²) in [6, 6.07) is 5.89. The molecule has 1 saturated carbocycles. The lowest BCUT2D eigenvalue weighted by atomic mass is 10.0. The van der Waals surface area contributed by atoms with E-state index in [1.165, 1.54) is 12.8 Å². The number of nitrogens with two attached hydrogens (primary N) is 1. The molecule has 0 spiro atoms. The van der Waals surface area contributed by atoms with E-state index >= 15 is 0 Å². The normalized spacial score (nSPS) is 22.9. The van der Waals surface area contributed by atoms with Gasteiger partial charge in [0.2, 0.25) is 0 Å². The second-order valence-corrected chi connectivity index (χ2v) is 6.91. The van der Waals surface area contributed by atoms with Crippen LogP contribution in [0.25, 0.3) is 0 Å². The number of benzene rings is 1. The maximum Gasteiger partial charge on any atom is 0.271 e. The first-order valence-corrected chi connectivity index (χ1v) is 8.86. The molecule has 2 N–H and O–H groups in total. The summed E-state index contributed by atoms with van der Waals surface area (Å²) in [5.74, 6) is 9.79. The Balaban J connectivity index is 1.61. The molecule has 0 aromatic heterocycles. The molecule has 0 bridgehead atoms. The second-order valence-electron chi connectivity index (χ2n) is 6.91. The number of nitrogens with zero attached hydrogens (tertiary/aromatic N) is 2. The van der Waals surface area contributed by atoms with E-state index in [2.05, 4.69) is 21.9 Å². The summed E-state index contributed by atoms with van der Waals surface area (Å²) in [6.45, 7) is 1.76. The summed E-state index contributed by atoms with van der Waals surface area (Å²) in [6.07, 6.45) is 3.83. The van der Waals surface area contributed by atoms with Crippen LogP contribution < -0.4 is 5.84 Å². The second kappa shape index (κ2) is 7.96. The van der Waals surface area contributed by atoms with Crippen LogP contribution in [0.3, 0.4) is 0 Å². The number of hydrogen-bond acceptors (Lipinski definition) is 4. The van der Waals surface area contributed by atoms with Gasteiger partial charge < -0.3 is 10.6 Å². The topological polar surface area (TPSA) is 60.0 Å². The van der Waals surface area contributed by atoms with E-state index in [4.69, 9.17) is 10.6 Å². The van der Waals surface area contributed by atoms with Crippen LogP contribution >= 0.6 is 0 Å². The molecular formula is C20H23F2N3O. The molecule has 1 atom stereocenters. The molecule has 1 aliphatic heterocycles. The monoisotopic (exact) mass is 359 g/mol. The maximum absolute atomic E-state index is 13.1. The number of hydrazone groups is 1. The molecule has 6 heteroatoms. The third kappa shape index (κ3) is 5.12. The number of alkyl halides is 2. The number of aliphatic imine (C=N–C) groups is 1. The van der Waals surface area contributed by atoms with Gasteiger partial charge in [0.1, 0.15) is 12.3 Å². The van der Waals surface area contributed by atoms with Gasteiger partial charge in [-0.15, -0.1) is 0 Å². The molecule has 1 heterocycles. The van der Waals surface area contributed by atoms with Crippen molar-refractivity contribution in [1.29, 1.82) is 0 Å².